The number of aromatic hydroxyl groups is 1. The molecule has 0 atom stereocenters. The summed E-state index contributed by atoms with van der Waals surface area (Å²) in [5, 5.41) is 24.1. The molecule has 2 rings (SSSR count). The number of nitrogens with one attached hydrogen (secondary N) is 1. The molecule has 0 aromatic heterocycles. The molecule has 0 saturated carbocycles. The van der Waals surface area contributed by atoms with Gasteiger partial charge in [-0.25, -0.2) is 5.43 Å². The number of benzene rings is 2. The highest BCUT2D eigenvalue weighted by Crippen LogP contribution is 2.20. The number of non-ortho nitro benzene ring substituents is 1. The average Bonchev–Trinajstić information content (AvgIpc) is 2.50. The van der Waals surface area contributed by atoms with Gasteiger partial charge in [-0.15, -0.1) is 0 Å². The molecule has 0 aliphatic carbocycles. The number of rotatable bonds is 4. The lowest BCUT2D eigenvalue weighted by atomic mass is 10.1. The number of hydrogen-bond donors (Lipinski definition) is 3. The maximum atomic E-state index is 11.9. The third-order valence-corrected chi connectivity index (χ3v) is 3.27. The van der Waals surface area contributed by atoms with Gasteiger partial charge >= 0.3 is 0 Å². The molecular formula is C14H11BrN4O4. The third-order valence-electron chi connectivity index (χ3n) is 2.77. The number of nitrogens with zero attached hydrogens (tertiary/aromatic N) is 2. The van der Waals surface area contributed by atoms with Crippen LogP contribution in [-0.2, 0) is 0 Å². The van der Waals surface area contributed by atoms with Gasteiger partial charge in [0.1, 0.15) is 5.75 Å². The van der Waals surface area contributed by atoms with Crippen molar-refractivity contribution in [3.05, 3.63) is 62.1 Å². The first-order valence-corrected chi connectivity index (χ1v) is 7.03. The lowest BCUT2D eigenvalue weighted by molar-refractivity contribution is -0.384. The first-order chi connectivity index (χ1) is 10.9. The topological polar surface area (TPSA) is 131 Å². The maximum absolute atomic E-state index is 11.9. The third kappa shape index (κ3) is 4.27. The van der Waals surface area contributed by atoms with E-state index in [-0.39, 0.29) is 22.7 Å². The van der Waals surface area contributed by atoms with E-state index in [9.17, 15) is 20.0 Å². The normalized spacial score (nSPS) is 10.7. The van der Waals surface area contributed by atoms with Crippen LogP contribution in [0, 0.1) is 10.1 Å². The van der Waals surface area contributed by atoms with Crippen LogP contribution in [-0.4, -0.2) is 22.2 Å². The van der Waals surface area contributed by atoms with Gasteiger partial charge < -0.3 is 10.8 Å². The summed E-state index contributed by atoms with van der Waals surface area (Å²) in [4.78, 5) is 22.0. The van der Waals surface area contributed by atoms with Crippen molar-refractivity contribution in [2.45, 2.75) is 0 Å². The van der Waals surface area contributed by atoms with Gasteiger partial charge in [0.15, 0.2) is 0 Å². The molecule has 0 aliphatic rings. The Labute approximate surface area is 138 Å². The zero-order valence-electron chi connectivity index (χ0n) is 11.6. The molecule has 1 amide bonds. The van der Waals surface area contributed by atoms with Crippen LogP contribution in [0.3, 0.4) is 0 Å². The molecule has 9 heteroatoms. The second kappa shape index (κ2) is 6.88. The highest BCUT2D eigenvalue weighted by Gasteiger charge is 2.13. The summed E-state index contributed by atoms with van der Waals surface area (Å²) < 4.78 is 0.731. The van der Waals surface area contributed by atoms with E-state index >= 15 is 0 Å². The number of halogens is 1. The molecule has 4 N–H and O–H groups in total. The van der Waals surface area contributed by atoms with Crippen molar-refractivity contribution in [1.82, 2.24) is 5.43 Å². The molecule has 0 saturated heterocycles. The van der Waals surface area contributed by atoms with E-state index in [1.807, 2.05) is 0 Å². The Kier molecular flexibility index (Phi) is 4.91. The molecule has 2 aromatic rings. The lowest BCUT2D eigenvalue weighted by Crippen LogP contribution is -2.18. The summed E-state index contributed by atoms with van der Waals surface area (Å²) in [5.41, 5.74) is 7.94. The van der Waals surface area contributed by atoms with Crippen LogP contribution in [0.4, 0.5) is 11.4 Å². The predicted octanol–water partition coefficient (Wildman–Crippen LogP) is 2.41. The van der Waals surface area contributed by atoms with Crippen LogP contribution in [0.1, 0.15) is 15.9 Å². The zero-order valence-corrected chi connectivity index (χ0v) is 13.1. The number of hydrazone groups is 1. The van der Waals surface area contributed by atoms with E-state index < -0.39 is 10.8 Å². The fourth-order valence-electron chi connectivity index (χ4n) is 1.72. The number of phenols is 1. The molecule has 0 bridgehead atoms. The number of hydrogen-bond acceptors (Lipinski definition) is 6. The van der Waals surface area contributed by atoms with Crippen molar-refractivity contribution >= 4 is 39.4 Å². The minimum absolute atomic E-state index is 0.00677. The average molecular weight is 379 g/mol. The van der Waals surface area contributed by atoms with Crippen molar-refractivity contribution < 1.29 is 14.8 Å². The number of anilines is 1. The first kappa shape index (κ1) is 16.4. The number of nitrogens with two attached hydrogens (primary N) is 1. The van der Waals surface area contributed by atoms with E-state index in [1.165, 1.54) is 18.3 Å². The zero-order chi connectivity index (χ0) is 17.0. The predicted molar refractivity (Wildman–Crippen MR) is 88.4 cm³/mol. The molecule has 0 unspecified atom stereocenters. The van der Waals surface area contributed by atoms with Gasteiger partial charge in [-0.3, -0.25) is 14.9 Å². The van der Waals surface area contributed by atoms with E-state index in [0.29, 0.717) is 5.56 Å². The Morgan fingerprint density at radius 1 is 1.35 bits per heavy atom. The van der Waals surface area contributed by atoms with Crippen LogP contribution in [0.5, 0.6) is 5.75 Å². The molecule has 8 nitrogen and oxygen atoms in total. The molecule has 23 heavy (non-hydrogen) atoms. The number of phenolic OH excluding ortho intramolecular Hbond substituents is 1. The van der Waals surface area contributed by atoms with E-state index in [2.05, 4.69) is 26.5 Å². The summed E-state index contributed by atoms with van der Waals surface area (Å²) in [6, 6.07) is 8.27. The summed E-state index contributed by atoms with van der Waals surface area (Å²) in [7, 11) is 0. The second-order valence-corrected chi connectivity index (χ2v) is 5.39. The van der Waals surface area contributed by atoms with E-state index in [1.54, 1.807) is 12.1 Å². The van der Waals surface area contributed by atoms with Gasteiger partial charge in [-0.05, 0) is 24.3 Å². The standard InChI is InChI=1S/C14H11BrN4O4/c15-10-1-2-13(20)9(3-10)7-17-18-14(21)8-4-11(16)6-12(5-8)19(22)23/h1-7,20H,16H2,(H,18,21)/b17-7+. The smallest absolute Gasteiger partial charge is 0.272 e. The number of carbonyl (C=O) groups excluding carboxylic acids is 1. The van der Waals surface area contributed by atoms with Crippen molar-refractivity contribution in [3.8, 4) is 5.75 Å². The number of nitro benzene ring substituents is 1. The minimum Gasteiger partial charge on any atom is -0.507 e. The summed E-state index contributed by atoms with van der Waals surface area (Å²) >= 11 is 3.25. The van der Waals surface area contributed by atoms with E-state index in [4.69, 9.17) is 5.73 Å². The van der Waals surface area contributed by atoms with Gasteiger partial charge in [0, 0.05) is 27.9 Å². The molecule has 2 aromatic carbocycles. The fraction of sp³-hybridized carbons (Fsp3) is 0. The molecule has 0 fully saturated rings. The number of amides is 1. The van der Waals surface area contributed by atoms with Crippen molar-refractivity contribution in [2.75, 3.05) is 5.73 Å². The Balaban J connectivity index is 2.15. The molecule has 118 valence electrons. The molecule has 0 spiro atoms. The number of nitrogen functional groups attached to an aromatic ring is 1. The monoisotopic (exact) mass is 378 g/mol. The SMILES string of the molecule is Nc1cc(C(=O)N/N=C/c2cc(Br)ccc2O)cc([N+](=O)[O-])c1. The lowest BCUT2D eigenvalue weighted by Gasteiger charge is -2.02. The van der Waals surface area contributed by atoms with Crippen molar-refractivity contribution in [3.63, 3.8) is 0 Å². The van der Waals surface area contributed by atoms with Crippen LogP contribution in [0.15, 0.2) is 46.0 Å². The molecule has 0 heterocycles. The van der Waals surface area contributed by atoms with Crippen LogP contribution in [0.2, 0.25) is 0 Å². The van der Waals surface area contributed by atoms with E-state index in [0.717, 1.165) is 16.6 Å². The molecule has 0 radical (unpaired) electrons. The summed E-state index contributed by atoms with van der Waals surface area (Å²) in [5.74, 6) is -0.670. The fourth-order valence-corrected chi connectivity index (χ4v) is 2.10. The largest absolute Gasteiger partial charge is 0.507 e. The highest BCUT2D eigenvalue weighted by atomic mass is 79.9. The highest BCUT2D eigenvalue weighted by molar-refractivity contribution is 9.10. The van der Waals surface area contributed by atoms with Gasteiger partial charge in [-0.1, -0.05) is 15.9 Å². The van der Waals surface area contributed by atoms with Crippen LogP contribution < -0.4 is 11.2 Å². The van der Waals surface area contributed by atoms with Gasteiger partial charge in [-0.2, -0.15) is 5.10 Å². The van der Waals surface area contributed by atoms with Crippen molar-refractivity contribution in [2.24, 2.45) is 5.10 Å². The Morgan fingerprint density at radius 2 is 2.09 bits per heavy atom. The van der Waals surface area contributed by atoms with Crippen molar-refractivity contribution in [1.29, 1.82) is 0 Å². The maximum Gasteiger partial charge on any atom is 0.272 e. The van der Waals surface area contributed by atoms with Crippen LogP contribution >= 0.6 is 15.9 Å². The first-order valence-electron chi connectivity index (χ1n) is 6.23. The Bertz CT molecular complexity index is 807. The quantitative estimate of drug-likeness (QED) is 0.325. The van der Waals surface area contributed by atoms with Gasteiger partial charge in [0.2, 0.25) is 0 Å². The Hall–Kier alpha value is -2.94. The second-order valence-electron chi connectivity index (χ2n) is 4.47. The van der Waals surface area contributed by atoms with Gasteiger partial charge in [0.05, 0.1) is 16.7 Å². The number of nitro groups is 1. The van der Waals surface area contributed by atoms with Crippen LogP contribution in [0.25, 0.3) is 0 Å². The minimum atomic E-state index is -0.661. The summed E-state index contributed by atoms with van der Waals surface area (Å²) in [6.07, 6.45) is 1.25. The number of carbonyl (C=O) groups is 1. The summed E-state index contributed by atoms with van der Waals surface area (Å²) in [6.45, 7) is 0. The van der Waals surface area contributed by atoms with Gasteiger partial charge in [0.25, 0.3) is 11.6 Å². The molecule has 0 aliphatic heterocycles. The molecular weight excluding hydrogens is 368 g/mol. The Morgan fingerprint density at radius 3 is 2.78 bits per heavy atom.